The largest absolute Gasteiger partial charge is 0.392 e. The second-order valence-electron chi connectivity index (χ2n) is 5.69. The van der Waals surface area contributed by atoms with Gasteiger partial charge in [0.2, 0.25) is 0 Å². The Labute approximate surface area is 134 Å². The lowest BCUT2D eigenvalue weighted by Crippen LogP contribution is -2.42. The highest BCUT2D eigenvalue weighted by molar-refractivity contribution is 7.13. The number of aliphatic hydroxyl groups is 1. The Bertz CT molecular complexity index is 616. The highest BCUT2D eigenvalue weighted by atomic mass is 35.5. The Kier molecular flexibility index (Phi) is 4.60. The first kappa shape index (κ1) is 15.0. The second-order valence-corrected chi connectivity index (χ2v) is 6.96. The van der Waals surface area contributed by atoms with Crippen LogP contribution < -0.4 is 0 Å². The van der Waals surface area contributed by atoms with E-state index in [0.717, 1.165) is 47.3 Å². The molecule has 0 bridgehead atoms. The number of piperidine rings is 1. The van der Waals surface area contributed by atoms with Gasteiger partial charge in [-0.15, -0.1) is 11.3 Å². The van der Waals surface area contributed by atoms with E-state index in [2.05, 4.69) is 17.2 Å². The van der Waals surface area contributed by atoms with Crippen molar-refractivity contribution in [3.8, 4) is 10.6 Å². The molecular formula is C16H19ClN2OS. The van der Waals surface area contributed by atoms with Crippen LogP contribution >= 0.6 is 22.9 Å². The fourth-order valence-corrected chi connectivity index (χ4v) is 3.76. The van der Waals surface area contributed by atoms with Crippen LogP contribution in [-0.2, 0) is 6.54 Å². The summed E-state index contributed by atoms with van der Waals surface area (Å²) in [6, 6.07) is 7.79. The normalized spacial score (nSPS) is 23.4. The van der Waals surface area contributed by atoms with E-state index >= 15 is 0 Å². The summed E-state index contributed by atoms with van der Waals surface area (Å²) in [5.74, 6) is 0.398. The summed E-state index contributed by atoms with van der Waals surface area (Å²) >= 11 is 7.84. The summed E-state index contributed by atoms with van der Waals surface area (Å²) in [5, 5.41) is 13.8. The molecule has 1 saturated heterocycles. The molecular weight excluding hydrogens is 304 g/mol. The summed E-state index contributed by atoms with van der Waals surface area (Å²) in [6.45, 7) is 4.67. The van der Waals surface area contributed by atoms with Gasteiger partial charge in [0.25, 0.3) is 0 Å². The number of hydrogen-bond acceptors (Lipinski definition) is 4. The molecule has 2 aromatic rings. The van der Waals surface area contributed by atoms with Gasteiger partial charge in [-0.3, -0.25) is 4.90 Å². The number of likely N-dealkylation sites (tertiary alicyclic amines) is 1. The minimum Gasteiger partial charge on any atom is -0.392 e. The van der Waals surface area contributed by atoms with Crippen LogP contribution in [-0.4, -0.2) is 34.2 Å². The van der Waals surface area contributed by atoms with E-state index in [1.165, 1.54) is 0 Å². The summed E-state index contributed by atoms with van der Waals surface area (Å²) < 4.78 is 0. The topological polar surface area (TPSA) is 36.4 Å². The minimum atomic E-state index is -0.222. The van der Waals surface area contributed by atoms with Gasteiger partial charge < -0.3 is 5.11 Å². The average molecular weight is 323 g/mol. The zero-order valence-corrected chi connectivity index (χ0v) is 13.6. The SMILES string of the molecule is CC1CCN(Cc2csc(-c3ccccc3Cl)n2)CC1O. The molecule has 2 heterocycles. The molecule has 1 aliphatic heterocycles. The smallest absolute Gasteiger partial charge is 0.125 e. The molecule has 1 N–H and O–H groups in total. The van der Waals surface area contributed by atoms with Crippen molar-refractivity contribution in [2.75, 3.05) is 13.1 Å². The third-order valence-corrected chi connectivity index (χ3v) is 5.30. The maximum atomic E-state index is 9.97. The molecule has 2 unspecified atom stereocenters. The van der Waals surface area contributed by atoms with Gasteiger partial charge in [0.05, 0.1) is 16.8 Å². The van der Waals surface area contributed by atoms with Gasteiger partial charge in [-0.25, -0.2) is 4.98 Å². The Morgan fingerprint density at radius 1 is 1.43 bits per heavy atom. The van der Waals surface area contributed by atoms with Crippen molar-refractivity contribution in [1.82, 2.24) is 9.88 Å². The minimum absolute atomic E-state index is 0.222. The first-order valence-electron chi connectivity index (χ1n) is 7.23. The van der Waals surface area contributed by atoms with Gasteiger partial charge in [0.15, 0.2) is 0 Å². The first-order valence-corrected chi connectivity index (χ1v) is 8.49. The molecule has 0 aliphatic carbocycles. The van der Waals surface area contributed by atoms with Gasteiger partial charge >= 0.3 is 0 Å². The van der Waals surface area contributed by atoms with Crippen LogP contribution in [0.4, 0.5) is 0 Å². The van der Waals surface area contributed by atoms with Crippen LogP contribution in [0.15, 0.2) is 29.6 Å². The van der Waals surface area contributed by atoms with E-state index in [9.17, 15) is 5.11 Å². The van der Waals surface area contributed by atoms with E-state index < -0.39 is 0 Å². The van der Waals surface area contributed by atoms with Crippen molar-refractivity contribution >= 4 is 22.9 Å². The summed E-state index contributed by atoms with van der Waals surface area (Å²) in [4.78, 5) is 6.96. The standard InChI is InChI=1S/C16H19ClN2OS/c1-11-6-7-19(9-15(11)20)8-12-10-21-16(18-12)13-4-2-3-5-14(13)17/h2-5,10-11,15,20H,6-9H2,1H3. The van der Waals surface area contributed by atoms with E-state index in [0.29, 0.717) is 5.92 Å². The number of rotatable bonds is 3. The molecule has 21 heavy (non-hydrogen) atoms. The summed E-state index contributed by atoms with van der Waals surface area (Å²) in [5.41, 5.74) is 2.04. The Morgan fingerprint density at radius 2 is 2.24 bits per heavy atom. The molecule has 0 saturated carbocycles. The van der Waals surface area contributed by atoms with Crippen molar-refractivity contribution in [2.24, 2.45) is 5.92 Å². The maximum absolute atomic E-state index is 9.97. The quantitative estimate of drug-likeness (QED) is 0.936. The predicted octanol–water partition coefficient (Wildman–Crippen LogP) is 3.67. The van der Waals surface area contributed by atoms with Gasteiger partial charge in [-0.1, -0.05) is 36.7 Å². The first-order chi connectivity index (χ1) is 10.1. The summed E-state index contributed by atoms with van der Waals surface area (Å²) in [6.07, 6.45) is 0.822. The van der Waals surface area contributed by atoms with E-state index in [1.54, 1.807) is 11.3 Å². The average Bonchev–Trinajstić information content (AvgIpc) is 2.92. The lowest BCUT2D eigenvalue weighted by molar-refractivity contribution is 0.0255. The zero-order chi connectivity index (χ0) is 14.8. The molecule has 5 heteroatoms. The van der Waals surface area contributed by atoms with Crippen LogP contribution in [0.1, 0.15) is 19.0 Å². The van der Waals surface area contributed by atoms with Gasteiger partial charge in [0.1, 0.15) is 5.01 Å². The molecule has 0 spiro atoms. The highest BCUT2D eigenvalue weighted by Gasteiger charge is 2.24. The highest BCUT2D eigenvalue weighted by Crippen LogP contribution is 2.30. The molecule has 3 rings (SSSR count). The Morgan fingerprint density at radius 3 is 3.00 bits per heavy atom. The molecule has 0 radical (unpaired) electrons. The van der Waals surface area contributed by atoms with Crippen LogP contribution in [0.2, 0.25) is 5.02 Å². The molecule has 1 aliphatic rings. The number of thiazole rings is 1. The summed E-state index contributed by atoms with van der Waals surface area (Å²) in [7, 11) is 0. The Balaban J connectivity index is 1.70. The zero-order valence-electron chi connectivity index (χ0n) is 12.0. The number of aliphatic hydroxyl groups excluding tert-OH is 1. The van der Waals surface area contributed by atoms with Crippen molar-refractivity contribution in [2.45, 2.75) is 26.0 Å². The number of benzene rings is 1. The molecule has 2 atom stereocenters. The second kappa shape index (κ2) is 6.44. The van der Waals surface area contributed by atoms with Crippen molar-refractivity contribution < 1.29 is 5.11 Å². The number of hydrogen-bond donors (Lipinski definition) is 1. The number of halogens is 1. The molecule has 1 fully saturated rings. The van der Waals surface area contributed by atoms with Crippen molar-refractivity contribution in [3.63, 3.8) is 0 Å². The molecule has 1 aromatic heterocycles. The van der Waals surface area contributed by atoms with E-state index in [4.69, 9.17) is 16.6 Å². The number of β-amino-alcohol motifs (C(OH)–C–C–N with tert-alkyl or cyclic N) is 1. The molecule has 1 aromatic carbocycles. The van der Waals surface area contributed by atoms with E-state index in [1.807, 2.05) is 24.3 Å². The predicted molar refractivity (Wildman–Crippen MR) is 87.6 cm³/mol. The van der Waals surface area contributed by atoms with Crippen LogP contribution in [0.25, 0.3) is 10.6 Å². The van der Waals surface area contributed by atoms with E-state index in [-0.39, 0.29) is 6.10 Å². The lowest BCUT2D eigenvalue weighted by atomic mass is 9.96. The lowest BCUT2D eigenvalue weighted by Gasteiger charge is -2.33. The monoisotopic (exact) mass is 322 g/mol. The number of aromatic nitrogens is 1. The van der Waals surface area contributed by atoms with Gasteiger partial charge in [-0.2, -0.15) is 0 Å². The fraction of sp³-hybridized carbons (Fsp3) is 0.438. The van der Waals surface area contributed by atoms with Gasteiger partial charge in [0, 0.05) is 24.0 Å². The van der Waals surface area contributed by atoms with Crippen LogP contribution in [0.5, 0.6) is 0 Å². The van der Waals surface area contributed by atoms with Crippen LogP contribution in [0.3, 0.4) is 0 Å². The Hall–Kier alpha value is -0.940. The van der Waals surface area contributed by atoms with Crippen molar-refractivity contribution in [1.29, 1.82) is 0 Å². The van der Waals surface area contributed by atoms with Crippen molar-refractivity contribution in [3.05, 3.63) is 40.4 Å². The van der Waals surface area contributed by atoms with Gasteiger partial charge in [-0.05, 0) is 24.9 Å². The molecule has 112 valence electrons. The third kappa shape index (κ3) is 3.46. The molecule has 3 nitrogen and oxygen atoms in total. The molecule has 0 amide bonds. The number of nitrogens with zero attached hydrogens (tertiary/aromatic N) is 2. The third-order valence-electron chi connectivity index (χ3n) is 4.04. The fourth-order valence-electron chi connectivity index (χ4n) is 2.63. The maximum Gasteiger partial charge on any atom is 0.125 e. The van der Waals surface area contributed by atoms with Crippen LogP contribution in [0, 0.1) is 5.92 Å².